The van der Waals surface area contributed by atoms with Crippen molar-refractivity contribution in [3.05, 3.63) is 35.7 Å². The maximum Gasteiger partial charge on any atom is 0.244 e. The first-order valence-corrected chi connectivity index (χ1v) is 12.1. The molecule has 3 aromatic rings. The van der Waals surface area contributed by atoms with Crippen LogP contribution in [0.3, 0.4) is 0 Å². The number of nitrogens with zero attached hydrogens (tertiary/aromatic N) is 7. The molecule has 3 heterocycles. The van der Waals surface area contributed by atoms with Crippen LogP contribution in [0.25, 0.3) is 11.0 Å². The van der Waals surface area contributed by atoms with Crippen molar-refractivity contribution in [3.8, 4) is 0 Å². The minimum atomic E-state index is -3.72. The van der Waals surface area contributed by atoms with E-state index < -0.39 is 10.0 Å². The van der Waals surface area contributed by atoms with E-state index in [2.05, 4.69) is 25.3 Å². The lowest BCUT2D eigenvalue weighted by Crippen LogP contribution is -2.49. The Morgan fingerprint density at radius 1 is 1.18 bits per heavy atom. The molecule has 1 aromatic carbocycles. The van der Waals surface area contributed by atoms with E-state index >= 15 is 0 Å². The highest BCUT2D eigenvalue weighted by Gasteiger charge is 2.24. The third kappa shape index (κ3) is 4.78. The number of hydrogen-bond donors (Lipinski definition) is 1. The van der Waals surface area contributed by atoms with Crippen molar-refractivity contribution in [3.63, 3.8) is 0 Å². The number of sulfonamides is 1. The summed E-state index contributed by atoms with van der Waals surface area (Å²) in [6.07, 6.45) is 3.30. The number of fused-ring (bicyclic) bond motifs is 1. The van der Waals surface area contributed by atoms with Gasteiger partial charge < -0.3 is 10.2 Å². The van der Waals surface area contributed by atoms with Gasteiger partial charge in [0.05, 0.1) is 23.2 Å². The first-order chi connectivity index (χ1) is 15.7. The van der Waals surface area contributed by atoms with E-state index in [1.165, 1.54) is 32.6 Å². The smallest absolute Gasteiger partial charge is 0.244 e. The van der Waals surface area contributed by atoms with Gasteiger partial charge >= 0.3 is 0 Å². The Hall–Kier alpha value is -2.80. The summed E-state index contributed by atoms with van der Waals surface area (Å²) in [5.41, 5.74) is 1.16. The standard InChI is InChI=1S/C20H25ClN8O3S/c1-26(2)33(31,32)17-10-14(4-5-16(17)21)25-18(30)12-28-6-8-29(9-7-28)20-15-11-24-27(3)19(15)22-13-23-20/h4-5,10-11,13H,6-9,12H2,1-3H3,(H,25,30). The number of hydrogen-bond acceptors (Lipinski definition) is 8. The van der Waals surface area contributed by atoms with Crippen LogP contribution in [-0.2, 0) is 21.9 Å². The normalized spacial score (nSPS) is 15.4. The SMILES string of the molecule is CN(C)S(=O)(=O)c1cc(NC(=O)CN2CCN(c3ncnc4c3cnn4C)CC2)ccc1Cl. The van der Waals surface area contributed by atoms with Gasteiger partial charge in [-0.25, -0.2) is 22.7 Å². The second kappa shape index (κ2) is 9.21. The van der Waals surface area contributed by atoms with E-state index in [-0.39, 0.29) is 22.4 Å². The van der Waals surface area contributed by atoms with Gasteiger partial charge in [-0.3, -0.25) is 14.4 Å². The number of carbonyl (C=O) groups excluding carboxylic acids is 1. The van der Waals surface area contributed by atoms with Gasteiger partial charge in [-0.05, 0) is 18.2 Å². The second-order valence-corrected chi connectivity index (χ2v) is 10.5. The number of halogens is 1. The van der Waals surface area contributed by atoms with Crippen molar-refractivity contribution in [2.75, 3.05) is 57.0 Å². The molecule has 0 spiro atoms. The third-order valence-corrected chi connectivity index (χ3v) is 7.82. The molecule has 2 aromatic heterocycles. The van der Waals surface area contributed by atoms with Gasteiger partial charge in [0.2, 0.25) is 15.9 Å². The second-order valence-electron chi connectivity index (χ2n) is 7.95. The number of anilines is 2. The summed E-state index contributed by atoms with van der Waals surface area (Å²) in [6, 6.07) is 4.43. The molecule has 33 heavy (non-hydrogen) atoms. The van der Waals surface area contributed by atoms with E-state index in [1.807, 2.05) is 11.9 Å². The monoisotopic (exact) mass is 492 g/mol. The van der Waals surface area contributed by atoms with E-state index in [4.69, 9.17) is 11.6 Å². The third-order valence-electron chi connectivity index (χ3n) is 5.52. The average molecular weight is 493 g/mol. The minimum Gasteiger partial charge on any atom is -0.353 e. The molecule has 176 valence electrons. The number of nitrogens with one attached hydrogen (secondary N) is 1. The fraction of sp³-hybridized carbons (Fsp3) is 0.400. The lowest BCUT2D eigenvalue weighted by molar-refractivity contribution is -0.117. The Labute approximate surface area is 197 Å². The van der Waals surface area contributed by atoms with Gasteiger partial charge in [-0.2, -0.15) is 5.10 Å². The van der Waals surface area contributed by atoms with Crippen LogP contribution in [0.4, 0.5) is 11.5 Å². The highest BCUT2D eigenvalue weighted by molar-refractivity contribution is 7.89. The lowest BCUT2D eigenvalue weighted by atomic mass is 10.2. The quantitative estimate of drug-likeness (QED) is 0.542. The number of amides is 1. The van der Waals surface area contributed by atoms with Crippen LogP contribution in [0.5, 0.6) is 0 Å². The van der Waals surface area contributed by atoms with Crippen LogP contribution >= 0.6 is 11.6 Å². The fourth-order valence-corrected chi connectivity index (χ4v) is 5.09. The molecule has 1 amide bonds. The predicted octanol–water partition coefficient (Wildman–Crippen LogP) is 1.03. The summed E-state index contributed by atoms with van der Waals surface area (Å²) in [5, 5.41) is 8.03. The van der Waals surface area contributed by atoms with Gasteiger partial charge in [-0.15, -0.1) is 0 Å². The molecular formula is C20H25ClN8O3S. The molecule has 0 saturated carbocycles. The largest absolute Gasteiger partial charge is 0.353 e. The molecule has 0 radical (unpaired) electrons. The summed E-state index contributed by atoms with van der Waals surface area (Å²) in [7, 11) is 0.976. The Morgan fingerprint density at radius 2 is 1.91 bits per heavy atom. The van der Waals surface area contributed by atoms with E-state index in [1.54, 1.807) is 16.9 Å². The van der Waals surface area contributed by atoms with Crippen LogP contribution in [0.2, 0.25) is 5.02 Å². The minimum absolute atomic E-state index is 0.0489. The Kier molecular flexibility index (Phi) is 6.52. The van der Waals surface area contributed by atoms with Gasteiger partial charge in [0, 0.05) is 53.0 Å². The lowest BCUT2D eigenvalue weighted by Gasteiger charge is -2.35. The maximum atomic E-state index is 12.6. The topological polar surface area (TPSA) is 117 Å². The first-order valence-electron chi connectivity index (χ1n) is 10.3. The summed E-state index contributed by atoms with van der Waals surface area (Å²) >= 11 is 6.07. The van der Waals surface area contributed by atoms with Crippen LogP contribution < -0.4 is 10.2 Å². The highest BCUT2D eigenvalue weighted by atomic mass is 35.5. The molecule has 1 saturated heterocycles. The molecule has 1 N–H and O–H groups in total. The van der Waals surface area contributed by atoms with Gasteiger partial charge in [0.25, 0.3) is 0 Å². The Bertz CT molecular complexity index is 1290. The molecule has 13 heteroatoms. The van der Waals surface area contributed by atoms with Crippen molar-refractivity contribution < 1.29 is 13.2 Å². The van der Waals surface area contributed by atoms with Crippen LogP contribution in [-0.4, -0.2) is 90.1 Å². The van der Waals surface area contributed by atoms with Gasteiger partial charge in [0.1, 0.15) is 17.0 Å². The predicted molar refractivity (Wildman–Crippen MR) is 126 cm³/mol. The van der Waals surface area contributed by atoms with Crippen molar-refractivity contribution in [2.45, 2.75) is 4.90 Å². The van der Waals surface area contributed by atoms with Crippen LogP contribution in [0.15, 0.2) is 35.6 Å². The van der Waals surface area contributed by atoms with Gasteiger partial charge in [0.15, 0.2) is 5.65 Å². The van der Waals surface area contributed by atoms with Crippen LogP contribution in [0, 0.1) is 0 Å². The van der Waals surface area contributed by atoms with Crippen molar-refractivity contribution in [1.82, 2.24) is 29.0 Å². The molecule has 0 aliphatic carbocycles. The van der Waals surface area contributed by atoms with E-state index in [9.17, 15) is 13.2 Å². The zero-order valence-corrected chi connectivity index (χ0v) is 20.1. The molecule has 0 unspecified atom stereocenters. The Morgan fingerprint density at radius 3 is 2.61 bits per heavy atom. The number of aromatic nitrogens is 4. The number of piperazine rings is 1. The average Bonchev–Trinajstić information content (AvgIpc) is 3.16. The summed E-state index contributed by atoms with van der Waals surface area (Å²) < 4.78 is 27.7. The molecule has 11 nitrogen and oxygen atoms in total. The van der Waals surface area contributed by atoms with E-state index in [0.29, 0.717) is 31.9 Å². The fourth-order valence-electron chi connectivity index (χ4n) is 3.70. The molecule has 0 atom stereocenters. The number of aryl methyl sites for hydroxylation is 1. The zero-order valence-electron chi connectivity index (χ0n) is 18.6. The molecule has 1 aliphatic rings. The zero-order chi connectivity index (χ0) is 23.8. The van der Waals surface area contributed by atoms with Crippen molar-refractivity contribution in [2.24, 2.45) is 7.05 Å². The molecule has 1 fully saturated rings. The van der Waals surface area contributed by atoms with E-state index in [0.717, 1.165) is 21.2 Å². The number of carbonyl (C=O) groups is 1. The van der Waals surface area contributed by atoms with Gasteiger partial charge in [-0.1, -0.05) is 11.6 Å². The molecular weight excluding hydrogens is 468 g/mol. The maximum absolute atomic E-state index is 12.6. The molecule has 4 rings (SSSR count). The van der Waals surface area contributed by atoms with Crippen LogP contribution in [0.1, 0.15) is 0 Å². The molecule has 1 aliphatic heterocycles. The highest BCUT2D eigenvalue weighted by Crippen LogP contribution is 2.27. The number of rotatable bonds is 6. The first kappa shape index (κ1) is 23.4. The summed E-state index contributed by atoms with van der Waals surface area (Å²) in [5.74, 6) is 0.614. The Balaban J connectivity index is 1.37. The number of benzene rings is 1. The summed E-state index contributed by atoms with van der Waals surface area (Å²) in [6.45, 7) is 2.97. The van der Waals surface area contributed by atoms with Crippen molar-refractivity contribution in [1.29, 1.82) is 0 Å². The molecule has 0 bridgehead atoms. The van der Waals surface area contributed by atoms with Crippen molar-refractivity contribution >= 4 is 50.1 Å². The summed E-state index contributed by atoms with van der Waals surface area (Å²) in [4.78, 5) is 25.5.